The molecule has 1 N–H and O–H groups in total. The molecule has 3 rings (SSSR count). The second kappa shape index (κ2) is 9.07. The fourth-order valence-electron chi connectivity index (χ4n) is 3.26. The van der Waals surface area contributed by atoms with Gasteiger partial charge in [-0.1, -0.05) is 18.2 Å². The van der Waals surface area contributed by atoms with Crippen LogP contribution in [-0.4, -0.2) is 38.0 Å². The lowest BCUT2D eigenvalue weighted by atomic mass is 9.98. The molecule has 152 valence electrons. The average Bonchev–Trinajstić information content (AvgIpc) is 2.72. The minimum Gasteiger partial charge on any atom is -0.489 e. The zero-order valence-corrected chi connectivity index (χ0v) is 17.0. The monoisotopic (exact) mass is 413 g/mol. The molecule has 1 atom stereocenters. The zero-order chi connectivity index (χ0) is 20.9. The molecule has 0 aliphatic carbocycles. The van der Waals surface area contributed by atoms with Crippen LogP contribution >= 0.6 is 0 Å². The van der Waals surface area contributed by atoms with Gasteiger partial charge in [-0.05, 0) is 42.7 Å². The van der Waals surface area contributed by atoms with Crippen molar-refractivity contribution >= 4 is 21.6 Å². The number of hydrogen-bond acceptors (Lipinski definition) is 5. The van der Waals surface area contributed by atoms with E-state index in [2.05, 4.69) is 11.4 Å². The third kappa shape index (κ3) is 5.79. The van der Waals surface area contributed by atoms with Crippen molar-refractivity contribution in [3.8, 4) is 11.8 Å². The van der Waals surface area contributed by atoms with E-state index in [1.807, 2.05) is 6.07 Å². The molecule has 29 heavy (non-hydrogen) atoms. The van der Waals surface area contributed by atoms with Crippen LogP contribution in [0.15, 0.2) is 48.5 Å². The first-order valence-electron chi connectivity index (χ1n) is 9.33. The van der Waals surface area contributed by atoms with Crippen molar-refractivity contribution in [2.45, 2.75) is 19.4 Å². The third-order valence-corrected chi connectivity index (χ3v) is 6.06. The molecule has 2 aromatic rings. The second-order valence-corrected chi connectivity index (χ2v) is 9.06. The van der Waals surface area contributed by atoms with Gasteiger partial charge in [-0.25, -0.2) is 12.7 Å². The summed E-state index contributed by atoms with van der Waals surface area (Å²) in [7, 11) is -3.30. The molecule has 1 heterocycles. The molecular formula is C21H23N3O4S. The van der Waals surface area contributed by atoms with Crippen LogP contribution in [0.1, 0.15) is 24.0 Å². The minimum atomic E-state index is -3.30. The molecule has 7 nitrogen and oxygen atoms in total. The van der Waals surface area contributed by atoms with Gasteiger partial charge in [0.1, 0.15) is 12.4 Å². The Morgan fingerprint density at radius 3 is 2.83 bits per heavy atom. The number of amides is 1. The van der Waals surface area contributed by atoms with E-state index in [-0.39, 0.29) is 18.4 Å². The first-order chi connectivity index (χ1) is 13.8. The number of hydrogen-bond donors (Lipinski definition) is 1. The van der Waals surface area contributed by atoms with Gasteiger partial charge in [0.25, 0.3) is 0 Å². The number of sulfonamides is 1. The zero-order valence-electron chi connectivity index (χ0n) is 16.2. The van der Waals surface area contributed by atoms with E-state index in [1.54, 1.807) is 42.5 Å². The lowest BCUT2D eigenvalue weighted by Gasteiger charge is -2.30. The van der Waals surface area contributed by atoms with Gasteiger partial charge in [0, 0.05) is 24.8 Å². The summed E-state index contributed by atoms with van der Waals surface area (Å²) in [6.45, 7) is 0.966. The molecule has 1 saturated heterocycles. The summed E-state index contributed by atoms with van der Waals surface area (Å²) in [5, 5.41) is 11.8. The van der Waals surface area contributed by atoms with E-state index in [0.717, 1.165) is 5.56 Å². The Bertz CT molecular complexity index is 1030. The van der Waals surface area contributed by atoms with Crippen LogP contribution in [0.25, 0.3) is 0 Å². The Balaban J connectivity index is 1.60. The fraction of sp³-hybridized carbons (Fsp3) is 0.333. The molecule has 0 saturated carbocycles. The van der Waals surface area contributed by atoms with Crippen LogP contribution in [0, 0.1) is 17.2 Å². The number of carbonyl (C=O) groups excluding carboxylic acids is 1. The Morgan fingerprint density at radius 1 is 1.28 bits per heavy atom. The molecule has 8 heteroatoms. The highest BCUT2D eigenvalue weighted by Crippen LogP contribution is 2.23. The lowest BCUT2D eigenvalue weighted by molar-refractivity contribution is -0.120. The molecule has 0 aromatic heterocycles. The standard InChI is InChI=1S/C21H23N3O4S/c1-29(26,27)24-10-4-7-18(14-24)21(25)23-19-8-3-9-20(12-19)28-15-17-6-2-5-16(11-17)13-22/h2-3,5-6,8-9,11-12,18H,4,7,10,14-15H2,1H3,(H,23,25). The van der Waals surface area contributed by atoms with Crippen molar-refractivity contribution in [2.24, 2.45) is 5.92 Å². The van der Waals surface area contributed by atoms with Crippen LogP contribution in [0.2, 0.25) is 0 Å². The smallest absolute Gasteiger partial charge is 0.228 e. The quantitative estimate of drug-likeness (QED) is 0.785. The summed E-state index contributed by atoms with van der Waals surface area (Å²) in [5.74, 6) is 0.0144. The SMILES string of the molecule is CS(=O)(=O)N1CCCC(C(=O)Nc2cccc(OCc3cccc(C#N)c3)c2)C1. The summed E-state index contributed by atoms with van der Waals surface area (Å²) in [6.07, 6.45) is 2.49. The number of ether oxygens (including phenoxy) is 1. The first-order valence-corrected chi connectivity index (χ1v) is 11.2. The number of nitriles is 1. The Morgan fingerprint density at radius 2 is 2.07 bits per heavy atom. The van der Waals surface area contributed by atoms with E-state index < -0.39 is 10.0 Å². The van der Waals surface area contributed by atoms with Gasteiger partial charge in [0.15, 0.2) is 0 Å². The van der Waals surface area contributed by atoms with Crippen LogP contribution in [0.3, 0.4) is 0 Å². The highest BCUT2D eigenvalue weighted by molar-refractivity contribution is 7.88. The summed E-state index contributed by atoms with van der Waals surface area (Å²) in [5.41, 5.74) is 2.04. The average molecular weight is 413 g/mol. The topological polar surface area (TPSA) is 99.5 Å². The number of piperidine rings is 1. The molecule has 0 bridgehead atoms. The van der Waals surface area contributed by atoms with E-state index in [9.17, 15) is 13.2 Å². The molecular weight excluding hydrogens is 390 g/mol. The largest absolute Gasteiger partial charge is 0.489 e. The first kappa shape index (κ1) is 20.8. The Hall–Kier alpha value is -2.89. The van der Waals surface area contributed by atoms with E-state index >= 15 is 0 Å². The van der Waals surface area contributed by atoms with Gasteiger partial charge in [-0.3, -0.25) is 4.79 Å². The van der Waals surface area contributed by atoms with E-state index in [1.165, 1.54) is 10.6 Å². The van der Waals surface area contributed by atoms with Crippen LogP contribution < -0.4 is 10.1 Å². The number of rotatable bonds is 6. The van der Waals surface area contributed by atoms with Crippen molar-refractivity contribution in [3.05, 3.63) is 59.7 Å². The van der Waals surface area contributed by atoms with Crippen molar-refractivity contribution in [3.63, 3.8) is 0 Å². The Labute approximate surface area is 171 Å². The van der Waals surface area contributed by atoms with Gasteiger partial charge in [0.2, 0.25) is 15.9 Å². The molecule has 1 aliphatic rings. The van der Waals surface area contributed by atoms with Crippen molar-refractivity contribution in [1.29, 1.82) is 5.26 Å². The maximum atomic E-state index is 12.6. The van der Waals surface area contributed by atoms with Crippen LogP contribution in [-0.2, 0) is 21.4 Å². The number of carbonyl (C=O) groups is 1. The number of nitrogens with zero attached hydrogens (tertiary/aromatic N) is 2. The summed E-state index contributed by atoms with van der Waals surface area (Å²) < 4.78 is 30.6. The molecule has 2 aromatic carbocycles. The van der Waals surface area contributed by atoms with Crippen LogP contribution in [0.5, 0.6) is 5.75 Å². The maximum Gasteiger partial charge on any atom is 0.228 e. The predicted molar refractivity (Wildman–Crippen MR) is 110 cm³/mol. The van der Waals surface area contributed by atoms with Gasteiger partial charge < -0.3 is 10.1 Å². The lowest BCUT2D eigenvalue weighted by Crippen LogP contribution is -2.43. The molecule has 1 fully saturated rings. The third-order valence-electron chi connectivity index (χ3n) is 4.79. The highest BCUT2D eigenvalue weighted by atomic mass is 32.2. The highest BCUT2D eigenvalue weighted by Gasteiger charge is 2.30. The summed E-state index contributed by atoms with van der Waals surface area (Å²) in [6, 6.07) is 16.3. The molecule has 0 spiro atoms. The molecule has 1 unspecified atom stereocenters. The van der Waals surface area contributed by atoms with Crippen molar-refractivity contribution in [1.82, 2.24) is 4.31 Å². The predicted octanol–water partition coefficient (Wildman–Crippen LogP) is 2.75. The normalized spacial score (nSPS) is 17.3. The minimum absolute atomic E-state index is 0.197. The van der Waals surface area contributed by atoms with Gasteiger partial charge in [0.05, 0.1) is 23.8 Å². The van der Waals surface area contributed by atoms with Crippen LogP contribution in [0.4, 0.5) is 5.69 Å². The van der Waals surface area contributed by atoms with Crippen molar-refractivity contribution in [2.75, 3.05) is 24.7 Å². The van der Waals surface area contributed by atoms with Gasteiger partial charge in [-0.2, -0.15) is 5.26 Å². The second-order valence-electron chi connectivity index (χ2n) is 7.08. The number of benzene rings is 2. The van der Waals surface area contributed by atoms with Gasteiger partial charge in [-0.15, -0.1) is 0 Å². The maximum absolute atomic E-state index is 12.6. The molecule has 0 radical (unpaired) electrons. The molecule has 1 amide bonds. The van der Waals surface area contributed by atoms with Gasteiger partial charge >= 0.3 is 0 Å². The number of anilines is 1. The van der Waals surface area contributed by atoms with E-state index in [0.29, 0.717) is 43.0 Å². The van der Waals surface area contributed by atoms with E-state index in [4.69, 9.17) is 10.00 Å². The fourth-order valence-corrected chi connectivity index (χ4v) is 4.17. The summed E-state index contributed by atoms with van der Waals surface area (Å²) >= 11 is 0. The summed E-state index contributed by atoms with van der Waals surface area (Å²) in [4.78, 5) is 12.6. The van der Waals surface area contributed by atoms with Crippen molar-refractivity contribution < 1.29 is 17.9 Å². The number of nitrogens with one attached hydrogen (secondary N) is 1. The molecule has 1 aliphatic heterocycles. The Kier molecular flexibility index (Phi) is 6.52.